The number of aryl methyl sites for hydroxylation is 1. The first-order valence-electron chi connectivity index (χ1n) is 16.6. The highest BCUT2D eigenvalue weighted by Gasteiger charge is 2.67. The molecular formula is C42H41N3O2S. The maximum absolute atomic E-state index is 6.90. The Hall–Kier alpha value is -4.55. The molecule has 3 heterocycles. The minimum absolute atomic E-state index is 0.00162. The number of para-hydroxylation sites is 1. The van der Waals surface area contributed by atoms with Gasteiger partial charge in [0, 0.05) is 33.0 Å². The van der Waals surface area contributed by atoms with Crippen molar-refractivity contribution in [3.8, 4) is 11.5 Å². The lowest BCUT2D eigenvalue weighted by molar-refractivity contribution is -0.0136. The zero-order valence-corrected chi connectivity index (χ0v) is 29.7. The molecule has 0 fully saturated rings. The molecule has 0 N–H and O–H groups in total. The molecule has 3 aliphatic rings. The van der Waals surface area contributed by atoms with E-state index in [0.717, 1.165) is 44.7 Å². The van der Waals surface area contributed by atoms with E-state index in [2.05, 4.69) is 151 Å². The molecule has 242 valence electrons. The van der Waals surface area contributed by atoms with E-state index in [4.69, 9.17) is 19.5 Å². The lowest BCUT2D eigenvalue weighted by Gasteiger charge is -2.41. The fraction of sp³-hybridized carbons (Fsp3) is 0.286. The number of aliphatic imine (C=N–C) groups is 1. The monoisotopic (exact) mass is 651 g/mol. The van der Waals surface area contributed by atoms with Gasteiger partial charge in [0.05, 0.1) is 11.4 Å². The highest BCUT2D eigenvalue weighted by molar-refractivity contribution is 7.99. The number of hydrogen-bond donors (Lipinski definition) is 0. The molecule has 0 bridgehead atoms. The van der Waals surface area contributed by atoms with Crippen molar-refractivity contribution in [2.24, 2.45) is 4.99 Å². The Labute approximate surface area is 288 Å². The third-order valence-corrected chi connectivity index (χ3v) is 11.9. The van der Waals surface area contributed by atoms with Crippen LogP contribution in [0.2, 0.25) is 0 Å². The van der Waals surface area contributed by atoms with Crippen LogP contribution in [0.25, 0.3) is 0 Å². The Morgan fingerprint density at radius 2 is 1.48 bits per heavy atom. The maximum atomic E-state index is 6.90. The number of fused-ring (bicyclic) bond motifs is 5. The zero-order chi connectivity index (χ0) is 33.6. The van der Waals surface area contributed by atoms with Crippen LogP contribution in [0.15, 0.2) is 118 Å². The van der Waals surface area contributed by atoms with Gasteiger partial charge in [0.1, 0.15) is 28.5 Å². The molecule has 0 saturated carbocycles. The fourth-order valence-corrected chi connectivity index (χ4v) is 8.67. The molecule has 2 aliphatic heterocycles. The molecule has 4 aromatic carbocycles. The van der Waals surface area contributed by atoms with E-state index in [9.17, 15) is 0 Å². The Morgan fingerprint density at radius 1 is 0.750 bits per heavy atom. The average molecular weight is 652 g/mol. The summed E-state index contributed by atoms with van der Waals surface area (Å²) in [5.74, 6) is 3.04. The van der Waals surface area contributed by atoms with E-state index < -0.39 is 11.1 Å². The maximum Gasteiger partial charge on any atom is 0.217 e. The van der Waals surface area contributed by atoms with Crippen LogP contribution in [0, 0.1) is 6.92 Å². The first-order valence-corrected chi connectivity index (χ1v) is 17.5. The van der Waals surface area contributed by atoms with Crippen molar-refractivity contribution >= 4 is 34.9 Å². The van der Waals surface area contributed by atoms with Crippen molar-refractivity contribution in [2.45, 2.75) is 87.2 Å². The highest BCUT2D eigenvalue weighted by Crippen LogP contribution is 2.61. The summed E-state index contributed by atoms with van der Waals surface area (Å²) in [5.41, 5.74) is 6.66. The number of pyridine rings is 1. The molecule has 0 radical (unpaired) electrons. The summed E-state index contributed by atoms with van der Waals surface area (Å²) < 4.78 is 13.6. The molecule has 0 amide bonds. The van der Waals surface area contributed by atoms with Gasteiger partial charge in [-0.3, -0.25) is 4.90 Å². The SMILES string of the molecule is Cc1cc(Oc2ccc3c(c2)N(c2cc(C(C)(C)C)ccn2)c2ccccc2S3)cc(C2=N[C@]3(C)c4ccccc4C(C)(C)[C@]3(C)O2)c1. The Bertz CT molecular complexity index is 2150. The Kier molecular flexibility index (Phi) is 6.71. The van der Waals surface area contributed by atoms with Crippen molar-refractivity contribution in [2.75, 3.05) is 4.90 Å². The van der Waals surface area contributed by atoms with Gasteiger partial charge >= 0.3 is 0 Å². The molecule has 6 heteroatoms. The van der Waals surface area contributed by atoms with Crippen LogP contribution in [-0.4, -0.2) is 16.5 Å². The van der Waals surface area contributed by atoms with Gasteiger partial charge in [0.15, 0.2) is 0 Å². The second-order valence-electron chi connectivity index (χ2n) is 15.1. The average Bonchev–Trinajstić information content (AvgIpc) is 3.41. The van der Waals surface area contributed by atoms with Crippen molar-refractivity contribution in [1.82, 2.24) is 4.98 Å². The normalized spacial score (nSPS) is 21.8. The molecule has 1 aromatic heterocycles. The summed E-state index contributed by atoms with van der Waals surface area (Å²) in [6, 6.07) is 34.0. The van der Waals surface area contributed by atoms with Gasteiger partial charge in [-0.2, -0.15) is 0 Å². The summed E-state index contributed by atoms with van der Waals surface area (Å²) in [4.78, 5) is 14.8. The lowest BCUT2D eigenvalue weighted by Crippen LogP contribution is -2.51. The third kappa shape index (κ3) is 4.52. The number of hydrogen-bond acceptors (Lipinski definition) is 6. The molecule has 5 nitrogen and oxygen atoms in total. The highest BCUT2D eigenvalue weighted by atomic mass is 32.2. The number of anilines is 3. The number of ether oxygens (including phenoxy) is 2. The van der Waals surface area contributed by atoms with Gasteiger partial charge in [-0.05, 0) is 103 Å². The smallest absolute Gasteiger partial charge is 0.217 e. The lowest BCUT2D eigenvalue weighted by atomic mass is 9.71. The van der Waals surface area contributed by atoms with E-state index in [0.29, 0.717) is 5.90 Å². The Balaban J connectivity index is 1.16. The van der Waals surface area contributed by atoms with Crippen LogP contribution < -0.4 is 9.64 Å². The topological polar surface area (TPSA) is 47.0 Å². The van der Waals surface area contributed by atoms with Gasteiger partial charge in [-0.15, -0.1) is 0 Å². The largest absolute Gasteiger partial charge is 0.467 e. The zero-order valence-electron chi connectivity index (χ0n) is 28.9. The van der Waals surface area contributed by atoms with Gasteiger partial charge in [-0.1, -0.05) is 82.8 Å². The molecule has 48 heavy (non-hydrogen) atoms. The van der Waals surface area contributed by atoms with Crippen LogP contribution in [0.4, 0.5) is 17.2 Å². The predicted molar refractivity (Wildman–Crippen MR) is 196 cm³/mol. The second kappa shape index (κ2) is 10.5. The molecular weight excluding hydrogens is 611 g/mol. The number of nitrogens with zero attached hydrogens (tertiary/aromatic N) is 3. The van der Waals surface area contributed by atoms with E-state index in [-0.39, 0.29) is 10.8 Å². The van der Waals surface area contributed by atoms with Crippen LogP contribution in [0.3, 0.4) is 0 Å². The van der Waals surface area contributed by atoms with E-state index in [1.807, 2.05) is 12.3 Å². The quantitative estimate of drug-likeness (QED) is 0.190. The molecule has 0 unspecified atom stereocenters. The van der Waals surface area contributed by atoms with Crippen LogP contribution in [0.5, 0.6) is 11.5 Å². The van der Waals surface area contributed by atoms with Crippen LogP contribution in [-0.2, 0) is 21.1 Å². The summed E-state index contributed by atoms with van der Waals surface area (Å²) in [6.07, 6.45) is 1.91. The van der Waals surface area contributed by atoms with Crippen molar-refractivity contribution in [3.63, 3.8) is 0 Å². The summed E-state index contributed by atoms with van der Waals surface area (Å²) in [6.45, 7) is 17.7. The van der Waals surface area contributed by atoms with Crippen molar-refractivity contribution in [1.29, 1.82) is 0 Å². The van der Waals surface area contributed by atoms with Crippen LogP contribution >= 0.6 is 11.8 Å². The number of rotatable bonds is 4. The fourth-order valence-electron chi connectivity index (χ4n) is 7.63. The van der Waals surface area contributed by atoms with Crippen LogP contribution in [0.1, 0.15) is 76.3 Å². The molecule has 0 saturated heterocycles. The van der Waals surface area contributed by atoms with E-state index in [1.165, 1.54) is 21.6 Å². The number of aromatic nitrogens is 1. The first-order chi connectivity index (χ1) is 22.8. The summed E-state index contributed by atoms with van der Waals surface area (Å²) >= 11 is 1.77. The summed E-state index contributed by atoms with van der Waals surface area (Å²) in [7, 11) is 0. The van der Waals surface area contributed by atoms with E-state index >= 15 is 0 Å². The van der Waals surface area contributed by atoms with Gasteiger partial charge < -0.3 is 9.47 Å². The Morgan fingerprint density at radius 3 is 2.27 bits per heavy atom. The molecule has 1 aliphatic carbocycles. The molecule has 8 rings (SSSR count). The molecule has 2 atom stereocenters. The van der Waals surface area contributed by atoms with Crippen molar-refractivity contribution in [3.05, 3.63) is 131 Å². The molecule has 5 aromatic rings. The van der Waals surface area contributed by atoms with Gasteiger partial charge in [0.25, 0.3) is 0 Å². The third-order valence-electron chi connectivity index (χ3n) is 10.7. The first kappa shape index (κ1) is 30.8. The van der Waals surface area contributed by atoms with E-state index in [1.54, 1.807) is 11.8 Å². The standard InChI is InChI=1S/C42H41N3O2S/c1-26-21-27(38-44-41(7)32-14-10-9-13-31(32)40(5,6)42(41,8)47-38)23-30(22-26)46-29-17-18-36-34(25-29)45(33-15-11-12-16-35(33)48-36)37-24-28(19-20-43-37)39(2,3)4/h9-25H,1-8H3/t41-,42+/m1/s1. The van der Waals surface area contributed by atoms with Gasteiger partial charge in [0.2, 0.25) is 5.90 Å². The van der Waals surface area contributed by atoms with Gasteiger partial charge in [-0.25, -0.2) is 9.98 Å². The minimum Gasteiger partial charge on any atom is -0.467 e. The summed E-state index contributed by atoms with van der Waals surface area (Å²) in [5, 5.41) is 0. The predicted octanol–water partition coefficient (Wildman–Crippen LogP) is 11.2. The second-order valence-corrected chi connectivity index (χ2v) is 16.2. The number of benzene rings is 4. The molecule has 0 spiro atoms. The minimum atomic E-state index is -0.530. The van der Waals surface area contributed by atoms with Crippen molar-refractivity contribution < 1.29 is 9.47 Å².